The molecule has 0 aliphatic rings. The molecule has 0 aliphatic heterocycles. The first-order chi connectivity index (χ1) is 6.15. The zero-order valence-corrected chi connectivity index (χ0v) is 7.32. The number of ketones is 1. The van der Waals surface area contributed by atoms with Gasteiger partial charge < -0.3 is 10.2 Å². The van der Waals surface area contributed by atoms with Gasteiger partial charge in [-0.15, -0.1) is 0 Å². The summed E-state index contributed by atoms with van der Waals surface area (Å²) in [4.78, 5) is 11.2. The second-order valence-corrected chi connectivity index (χ2v) is 2.78. The third-order valence-electron chi connectivity index (χ3n) is 1.45. The molecule has 0 bridgehead atoms. The molecule has 0 spiro atoms. The van der Waals surface area contributed by atoms with E-state index >= 15 is 0 Å². The number of rotatable bonds is 2. The molecule has 2 N–H and O–H groups in total. The Bertz CT molecular complexity index is 358. The molecule has 3 nitrogen and oxygen atoms in total. The standard InChI is InChI=1S/C9H7ClO3/c10-6-1-2-8(12)7(5-6)9(13)3-4-11/h1-5,11-12H/b4-3+. The number of halogens is 1. The maximum atomic E-state index is 11.2. The summed E-state index contributed by atoms with van der Waals surface area (Å²) in [6.07, 6.45) is 1.55. The molecule has 1 rings (SSSR count). The van der Waals surface area contributed by atoms with Crippen molar-refractivity contribution in [3.63, 3.8) is 0 Å². The number of phenols is 1. The highest BCUT2D eigenvalue weighted by Crippen LogP contribution is 2.21. The molecular formula is C9H7ClO3. The zero-order valence-electron chi connectivity index (χ0n) is 6.57. The van der Waals surface area contributed by atoms with Crippen molar-refractivity contribution in [2.75, 3.05) is 0 Å². The average molecular weight is 199 g/mol. The van der Waals surface area contributed by atoms with Crippen molar-refractivity contribution in [2.24, 2.45) is 0 Å². The van der Waals surface area contributed by atoms with E-state index in [0.29, 0.717) is 11.3 Å². The number of carbonyl (C=O) groups is 1. The lowest BCUT2D eigenvalue weighted by Crippen LogP contribution is -1.94. The molecule has 0 atom stereocenters. The fourth-order valence-corrected chi connectivity index (χ4v) is 1.04. The van der Waals surface area contributed by atoms with E-state index in [9.17, 15) is 9.90 Å². The number of carbonyl (C=O) groups excluding carboxylic acids is 1. The number of hydrogen-bond donors (Lipinski definition) is 2. The zero-order chi connectivity index (χ0) is 9.84. The largest absolute Gasteiger partial charge is 0.515 e. The second kappa shape index (κ2) is 3.96. The van der Waals surface area contributed by atoms with Crippen LogP contribution in [0, 0.1) is 0 Å². The molecule has 0 amide bonds. The van der Waals surface area contributed by atoms with Gasteiger partial charge in [-0.25, -0.2) is 0 Å². The van der Waals surface area contributed by atoms with Crippen molar-refractivity contribution < 1.29 is 15.0 Å². The predicted molar refractivity (Wildman–Crippen MR) is 49.2 cm³/mol. The predicted octanol–water partition coefficient (Wildman–Crippen LogP) is 2.30. The van der Waals surface area contributed by atoms with Crippen LogP contribution in [0.2, 0.25) is 5.02 Å². The monoisotopic (exact) mass is 198 g/mol. The first-order valence-corrected chi connectivity index (χ1v) is 3.86. The summed E-state index contributed by atoms with van der Waals surface area (Å²) in [7, 11) is 0. The number of aliphatic hydroxyl groups is 1. The Morgan fingerprint density at radius 2 is 2.15 bits per heavy atom. The van der Waals surface area contributed by atoms with E-state index in [4.69, 9.17) is 16.7 Å². The van der Waals surface area contributed by atoms with Crippen molar-refractivity contribution in [2.45, 2.75) is 0 Å². The van der Waals surface area contributed by atoms with Crippen LogP contribution in [0.1, 0.15) is 10.4 Å². The van der Waals surface area contributed by atoms with E-state index in [0.717, 1.165) is 6.08 Å². The van der Waals surface area contributed by atoms with Gasteiger partial charge in [0.1, 0.15) is 5.75 Å². The first-order valence-electron chi connectivity index (χ1n) is 3.48. The summed E-state index contributed by atoms with van der Waals surface area (Å²) in [6, 6.07) is 4.12. The molecule has 0 unspecified atom stereocenters. The Kier molecular flexibility index (Phi) is 2.93. The third kappa shape index (κ3) is 2.23. The van der Waals surface area contributed by atoms with Gasteiger partial charge in [-0.05, 0) is 18.2 Å². The summed E-state index contributed by atoms with van der Waals surface area (Å²) in [6.45, 7) is 0. The number of benzene rings is 1. The van der Waals surface area contributed by atoms with E-state index in [1.165, 1.54) is 18.2 Å². The number of aromatic hydroxyl groups is 1. The molecule has 68 valence electrons. The minimum absolute atomic E-state index is 0.0674. The van der Waals surface area contributed by atoms with Gasteiger partial charge >= 0.3 is 0 Å². The van der Waals surface area contributed by atoms with E-state index in [1.807, 2.05) is 0 Å². The van der Waals surface area contributed by atoms with Crippen LogP contribution in [0.4, 0.5) is 0 Å². The van der Waals surface area contributed by atoms with E-state index in [2.05, 4.69) is 0 Å². The Balaban J connectivity index is 3.13. The van der Waals surface area contributed by atoms with Crippen LogP contribution in [-0.4, -0.2) is 16.0 Å². The highest BCUT2D eigenvalue weighted by Gasteiger charge is 2.08. The molecule has 1 aromatic rings. The van der Waals surface area contributed by atoms with Crippen molar-refractivity contribution in [3.05, 3.63) is 41.1 Å². The Morgan fingerprint density at radius 3 is 2.77 bits per heavy atom. The maximum absolute atomic E-state index is 11.2. The molecule has 13 heavy (non-hydrogen) atoms. The Morgan fingerprint density at radius 1 is 1.46 bits per heavy atom. The van der Waals surface area contributed by atoms with E-state index in [-0.39, 0.29) is 11.3 Å². The van der Waals surface area contributed by atoms with Crippen LogP contribution in [0.25, 0.3) is 0 Å². The van der Waals surface area contributed by atoms with Gasteiger partial charge in [0.25, 0.3) is 0 Å². The van der Waals surface area contributed by atoms with Crippen LogP contribution in [0.3, 0.4) is 0 Å². The fourth-order valence-electron chi connectivity index (χ4n) is 0.863. The average Bonchev–Trinajstić information content (AvgIpc) is 2.09. The van der Waals surface area contributed by atoms with E-state index in [1.54, 1.807) is 0 Å². The topological polar surface area (TPSA) is 57.5 Å². The SMILES string of the molecule is O=C(/C=C/O)c1cc(Cl)ccc1O. The van der Waals surface area contributed by atoms with Gasteiger partial charge in [0.2, 0.25) is 0 Å². The van der Waals surface area contributed by atoms with Crippen molar-refractivity contribution in [3.8, 4) is 5.75 Å². The Hall–Kier alpha value is -1.48. The van der Waals surface area contributed by atoms with Crippen LogP contribution < -0.4 is 0 Å². The molecule has 0 fully saturated rings. The van der Waals surface area contributed by atoms with Crippen molar-refractivity contribution in [1.82, 2.24) is 0 Å². The summed E-state index contributed by atoms with van der Waals surface area (Å²) < 4.78 is 0. The van der Waals surface area contributed by atoms with Crippen molar-refractivity contribution in [1.29, 1.82) is 0 Å². The summed E-state index contributed by atoms with van der Waals surface area (Å²) in [5.74, 6) is -0.657. The molecular weight excluding hydrogens is 192 g/mol. The van der Waals surface area contributed by atoms with Crippen LogP contribution >= 0.6 is 11.6 Å². The van der Waals surface area contributed by atoms with Gasteiger partial charge in [-0.2, -0.15) is 0 Å². The van der Waals surface area contributed by atoms with E-state index < -0.39 is 5.78 Å². The lowest BCUT2D eigenvalue weighted by molar-refractivity contribution is 0.104. The number of phenolic OH excluding ortho intramolecular Hbond substituents is 1. The lowest BCUT2D eigenvalue weighted by Gasteiger charge is -1.99. The Labute approximate surface area is 79.9 Å². The molecule has 0 aromatic heterocycles. The van der Waals surface area contributed by atoms with Crippen LogP contribution in [0.15, 0.2) is 30.5 Å². The molecule has 0 radical (unpaired) electrons. The second-order valence-electron chi connectivity index (χ2n) is 2.34. The van der Waals surface area contributed by atoms with Gasteiger partial charge in [0, 0.05) is 11.1 Å². The molecule has 0 saturated carbocycles. The van der Waals surface area contributed by atoms with Crippen LogP contribution in [0.5, 0.6) is 5.75 Å². The minimum Gasteiger partial charge on any atom is -0.515 e. The number of allylic oxidation sites excluding steroid dienone is 1. The minimum atomic E-state index is -0.498. The van der Waals surface area contributed by atoms with Gasteiger partial charge in [0.15, 0.2) is 5.78 Å². The fraction of sp³-hybridized carbons (Fsp3) is 0. The quantitative estimate of drug-likeness (QED) is 0.436. The number of aliphatic hydroxyl groups excluding tert-OH is 1. The molecule has 0 heterocycles. The summed E-state index contributed by atoms with van der Waals surface area (Å²) in [5, 5.41) is 17.9. The van der Waals surface area contributed by atoms with Crippen LogP contribution in [-0.2, 0) is 0 Å². The van der Waals surface area contributed by atoms with Gasteiger partial charge in [-0.1, -0.05) is 11.6 Å². The highest BCUT2D eigenvalue weighted by atomic mass is 35.5. The summed E-state index contributed by atoms with van der Waals surface area (Å²) in [5.41, 5.74) is 0.0674. The third-order valence-corrected chi connectivity index (χ3v) is 1.69. The first kappa shape index (κ1) is 9.61. The van der Waals surface area contributed by atoms with Crippen molar-refractivity contribution >= 4 is 17.4 Å². The lowest BCUT2D eigenvalue weighted by atomic mass is 10.1. The molecule has 0 saturated heterocycles. The molecule has 0 aliphatic carbocycles. The van der Waals surface area contributed by atoms with Gasteiger partial charge in [0.05, 0.1) is 11.8 Å². The highest BCUT2D eigenvalue weighted by molar-refractivity contribution is 6.31. The number of hydrogen-bond acceptors (Lipinski definition) is 3. The normalized spacial score (nSPS) is 10.5. The summed E-state index contributed by atoms with van der Waals surface area (Å²) >= 11 is 5.61. The molecule has 1 aromatic carbocycles. The van der Waals surface area contributed by atoms with Gasteiger partial charge in [-0.3, -0.25) is 4.79 Å². The smallest absolute Gasteiger partial charge is 0.192 e. The maximum Gasteiger partial charge on any atom is 0.192 e. The molecule has 4 heteroatoms.